The number of anilines is 2. The number of para-hydroxylation sites is 2. The van der Waals surface area contributed by atoms with Gasteiger partial charge in [0, 0.05) is 23.5 Å². The lowest BCUT2D eigenvalue weighted by molar-refractivity contribution is -0.126. The Hall–Kier alpha value is -2.62. The van der Waals surface area contributed by atoms with Crippen LogP contribution in [0.3, 0.4) is 0 Å². The highest BCUT2D eigenvalue weighted by molar-refractivity contribution is 6.11. The maximum Gasteiger partial charge on any atom is 0.236 e. The lowest BCUT2D eigenvalue weighted by Crippen LogP contribution is -2.42. The molecule has 0 aromatic heterocycles. The van der Waals surface area contributed by atoms with Crippen molar-refractivity contribution >= 4 is 23.2 Å². The molecule has 25 heavy (non-hydrogen) atoms. The Balaban J connectivity index is 1.55. The first kappa shape index (κ1) is 15.9. The fourth-order valence-electron chi connectivity index (χ4n) is 4.19. The highest BCUT2D eigenvalue weighted by atomic mass is 16.2. The zero-order valence-corrected chi connectivity index (χ0v) is 14.6. The monoisotopic (exact) mass is 334 g/mol. The summed E-state index contributed by atoms with van der Waals surface area (Å²) in [4.78, 5) is 29.3. The second-order valence-corrected chi connectivity index (χ2v) is 7.07. The van der Waals surface area contributed by atoms with Crippen LogP contribution in [0.2, 0.25) is 0 Å². The lowest BCUT2D eigenvalue weighted by Gasteiger charge is -2.26. The normalized spacial score (nSPS) is 21.2. The first-order chi connectivity index (χ1) is 12.1. The molecular formula is C21H22N2O2. The summed E-state index contributed by atoms with van der Waals surface area (Å²) in [6.07, 6.45) is 1.61. The van der Waals surface area contributed by atoms with Crippen LogP contribution in [0, 0.1) is 0 Å². The van der Waals surface area contributed by atoms with Gasteiger partial charge in [0.05, 0.1) is 0 Å². The third-order valence-corrected chi connectivity index (χ3v) is 5.25. The summed E-state index contributed by atoms with van der Waals surface area (Å²) in [5.41, 5.74) is 4.25. The number of benzene rings is 2. The highest BCUT2D eigenvalue weighted by Crippen LogP contribution is 2.34. The van der Waals surface area contributed by atoms with Crippen LogP contribution in [0.5, 0.6) is 0 Å². The van der Waals surface area contributed by atoms with Gasteiger partial charge in [-0.15, -0.1) is 0 Å². The third kappa shape index (κ3) is 2.62. The van der Waals surface area contributed by atoms with E-state index in [1.54, 1.807) is 9.80 Å². The molecule has 2 aromatic carbocycles. The van der Waals surface area contributed by atoms with E-state index in [0.29, 0.717) is 0 Å². The molecule has 2 aromatic rings. The summed E-state index contributed by atoms with van der Waals surface area (Å²) in [7, 11) is 0. The minimum absolute atomic E-state index is 0.0860. The second-order valence-electron chi connectivity index (χ2n) is 7.07. The van der Waals surface area contributed by atoms with Crippen molar-refractivity contribution in [3.8, 4) is 0 Å². The largest absolute Gasteiger partial charge is 0.309 e. The SMILES string of the molecule is C[C@@H]1Cc2ccccc2N1C(=O)CC(=O)N1c2ccccc2C[C@@H]1C. The molecular weight excluding hydrogens is 312 g/mol. The maximum atomic E-state index is 12.9. The standard InChI is InChI=1S/C21H22N2O2/c1-14-11-16-7-3-5-9-18(16)22(14)20(24)13-21(25)23-15(2)12-17-8-4-6-10-19(17)23/h3-10,14-15H,11-13H2,1-2H3/t14-,15+. The Morgan fingerprint density at radius 1 is 0.800 bits per heavy atom. The number of rotatable bonds is 2. The number of hydrogen-bond donors (Lipinski definition) is 0. The predicted octanol–water partition coefficient (Wildman–Crippen LogP) is 3.33. The first-order valence-electron chi connectivity index (χ1n) is 8.86. The molecule has 2 heterocycles. The van der Waals surface area contributed by atoms with Gasteiger partial charge >= 0.3 is 0 Å². The van der Waals surface area contributed by atoms with Gasteiger partial charge in [-0.05, 0) is 49.9 Å². The number of hydrogen-bond acceptors (Lipinski definition) is 2. The van der Waals surface area contributed by atoms with E-state index in [9.17, 15) is 9.59 Å². The molecule has 0 unspecified atom stereocenters. The maximum absolute atomic E-state index is 12.9. The van der Waals surface area contributed by atoms with Crippen molar-refractivity contribution in [1.29, 1.82) is 0 Å². The van der Waals surface area contributed by atoms with E-state index in [4.69, 9.17) is 0 Å². The van der Waals surface area contributed by atoms with Crippen molar-refractivity contribution in [3.63, 3.8) is 0 Å². The predicted molar refractivity (Wildman–Crippen MR) is 98.8 cm³/mol. The van der Waals surface area contributed by atoms with Gasteiger partial charge in [-0.25, -0.2) is 0 Å². The van der Waals surface area contributed by atoms with Crippen molar-refractivity contribution in [2.45, 2.75) is 45.2 Å². The zero-order chi connectivity index (χ0) is 17.6. The van der Waals surface area contributed by atoms with E-state index >= 15 is 0 Å². The van der Waals surface area contributed by atoms with Crippen molar-refractivity contribution in [2.24, 2.45) is 0 Å². The van der Waals surface area contributed by atoms with Crippen LogP contribution in [0.25, 0.3) is 0 Å². The summed E-state index contributed by atoms with van der Waals surface area (Å²) in [5.74, 6) is -0.224. The van der Waals surface area contributed by atoms with Gasteiger partial charge in [0.2, 0.25) is 11.8 Å². The Morgan fingerprint density at radius 2 is 1.20 bits per heavy atom. The molecule has 128 valence electrons. The van der Waals surface area contributed by atoms with Crippen LogP contribution in [0.1, 0.15) is 31.4 Å². The Morgan fingerprint density at radius 3 is 1.64 bits per heavy atom. The van der Waals surface area contributed by atoms with Crippen LogP contribution in [0.4, 0.5) is 11.4 Å². The topological polar surface area (TPSA) is 40.6 Å². The average Bonchev–Trinajstić information content (AvgIpc) is 3.09. The van der Waals surface area contributed by atoms with E-state index in [1.165, 1.54) is 11.1 Å². The molecule has 0 saturated heterocycles. The highest BCUT2D eigenvalue weighted by Gasteiger charge is 2.35. The smallest absolute Gasteiger partial charge is 0.236 e. The van der Waals surface area contributed by atoms with Gasteiger partial charge < -0.3 is 9.80 Å². The molecule has 4 nitrogen and oxygen atoms in total. The summed E-state index contributed by atoms with van der Waals surface area (Å²) in [6, 6.07) is 16.1. The molecule has 0 radical (unpaired) electrons. The van der Waals surface area contributed by atoms with Gasteiger partial charge in [-0.1, -0.05) is 36.4 Å². The molecule has 2 amide bonds. The van der Waals surface area contributed by atoms with E-state index in [2.05, 4.69) is 12.1 Å². The molecule has 0 bridgehead atoms. The van der Waals surface area contributed by atoms with Crippen molar-refractivity contribution in [2.75, 3.05) is 9.80 Å². The molecule has 0 spiro atoms. The Bertz CT molecular complexity index is 776. The van der Waals surface area contributed by atoms with Gasteiger partial charge in [0.15, 0.2) is 0 Å². The van der Waals surface area contributed by atoms with E-state index in [1.807, 2.05) is 50.2 Å². The minimum atomic E-state index is -0.112. The molecule has 2 atom stereocenters. The number of nitrogens with zero attached hydrogens (tertiary/aromatic N) is 2. The number of carbonyl (C=O) groups excluding carboxylic acids is 2. The van der Waals surface area contributed by atoms with Crippen LogP contribution in [-0.2, 0) is 22.4 Å². The van der Waals surface area contributed by atoms with Crippen LogP contribution in [0.15, 0.2) is 48.5 Å². The van der Waals surface area contributed by atoms with E-state index in [0.717, 1.165) is 24.2 Å². The van der Waals surface area contributed by atoms with E-state index < -0.39 is 0 Å². The fourth-order valence-corrected chi connectivity index (χ4v) is 4.19. The summed E-state index contributed by atoms with van der Waals surface area (Å²) in [6.45, 7) is 4.08. The van der Waals surface area contributed by atoms with Gasteiger partial charge in [0.1, 0.15) is 6.42 Å². The number of carbonyl (C=O) groups is 2. The molecule has 0 N–H and O–H groups in total. The summed E-state index contributed by atoms with van der Waals surface area (Å²) in [5, 5.41) is 0. The molecule has 4 heteroatoms. The zero-order valence-electron chi connectivity index (χ0n) is 14.6. The summed E-state index contributed by atoms with van der Waals surface area (Å²) >= 11 is 0. The Labute approximate surface area is 148 Å². The van der Waals surface area contributed by atoms with Gasteiger partial charge in [-0.2, -0.15) is 0 Å². The van der Waals surface area contributed by atoms with Crippen molar-refractivity contribution in [1.82, 2.24) is 0 Å². The van der Waals surface area contributed by atoms with Crippen molar-refractivity contribution in [3.05, 3.63) is 59.7 Å². The molecule has 4 rings (SSSR count). The molecule has 0 aliphatic carbocycles. The molecule has 0 saturated carbocycles. The van der Waals surface area contributed by atoms with E-state index in [-0.39, 0.29) is 30.3 Å². The molecule has 2 aliphatic heterocycles. The van der Waals surface area contributed by atoms with Crippen LogP contribution < -0.4 is 9.80 Å². The second kappa shape index (κ2) is 6.03. The van der Waals surface area contributed by atoms with Gasteiger partial charge in [-0.3, -0.25) is 9.59 Å². The average molecular weight is 334 g/mol. The minimum Gasteiger partial charge on any atom is -0.309 e. The third-order valence-electron chi connectivity index (χ3n) is 5.25. The summed E-state index contributed by atoms with van der Waals surface area (Å²) < 4.78 is 0. The number of fused-ring (bicyclic) bond motifs is 2. The first-order valence-corrected chi connectivity index (χ1v) is 8.86. The fraction of sp³-hybridized carbons (Fsp3) is 0.333. The van der Waals surface area contributed by atoms with Crippen molar-refractivity contribution < 1.29 is 9.59 Å². The molecule has 2 aliphatic rings. The van der Waals surface area contributed by atoms with Gasteiger partial charge in [0.25, 0.3) is 0 Å². The Kier molecular flexibility index (Phi) is 3.83. The quantitative estimate of drug-likeness (QED) is 0.791. The molecule has 0 fully saturated rings. The van der Waals surface area contributed by atoms with Crippen LogP contribution >= 0.6 is 0 Å². The van der Waals surface area contributed by atoms with Crippen LogP contribution in [-0.4, -0.2) is 23.9 Å². The lowest BCUT2D eigenvalue weighted by atomic mass is 10.1. The number of amides is 2.